The highest BCUT2D eigenvalue weighted by atomic mass is 28.3. The Hall–Kier alpha value is -8.12. The van der Waals surface area contributed by atoms with Crippen molar-refractivity contribution >= 4 is 72.4 Å². The number of rotatable bonds is 8. The third-order valence-corrected chi connectivity index (χ3v) is 18.2. The second-order valence-corrected chi connectivity index (χ2v) is 20.9. The number of aromatic nitrogens is 4. The van der Waals surface area contributed by atoms with Crippen molar-refractivity contribution in [1.82, 2.24) is 19.1 Å². The van der Waals surface area contributed by atoms with Gasteiger partial charge < -0.3 is 4.57 Å². The molecule has 5 heteroatoms. The maximum Gasteiger partial charge on any atom is 0.235 e. The van der Waals surface area contributed by atoms with Gasteiger partial charge in [-0.2, -0.15) is 0 Å². The summed E-state index contributed by atoms with van der Waals surface area (Å²) in [5, 5.41) is 10.1. The summed E-state index contributed by atoms with van der Waals surface area (Å²) in [4.78, 5) is 10.9. The number of nitrogens with zero attached hydrogens (tertiary/aromatic N) is 4. The molecule has 0 spiro atoms. The third-order valence-electron chi connectivity index (χ3n) is 13.4. The molecule has 0 saturated heterocycles. The lowest BCUT2D eigenvalue weighted by Crippen LogP contribution is -2.74. The van der Waals surface area contributed by atoms with Gasteiger partial charge in [0.05, 0.1) is 33.5 Å². The SMILES string of the molecule is Cc1ccccc1-c1cc(-c2ccccc2C)nc(-n2c3ccccc3c3cc4c5ccc([Si](c6ccccc6)(c6ccccc6)c6ccccc6)cc5n(-c5ccccc5)c4cc32)n1. The molecule has 0 bridgehead atoms. The van der Waals surface area contributed by atoms with Crippen molar-refractivity contribution in [3.63, 3.8) is 0 Å². The fraction of sp³-hybridized carbons (Fsp3) is 0.0333. The normalized spacial score (nSPS) is 11.8. The van der Waals surface area contributed by atoms with Gasteiger partial charge in [0.15, 0.2) is 8.07 Å². The number of para-hydroxylation sites is 2. The molecule has 3 aromatic heterocycles. The highest BCUT2D eigenvalue weighted by Crippen LogP contribution is 2.40. The largest absolute Gasteiger partial charge is 0.309 e. The fourth-order valence-electron chi connectivity index (χ4n) is 10.4. The van der Waals surface area contributed by atoms with E-state index in [4.69, 9.17) is 9.97 Å². The van der Waals surface area contributed by atoms with Gasteiger partial charge in [0, 0.05) is 38.4 Å². The Balaban J connectivity index is 1.18. The summed E-state index contributed by atoms with van der Waals surface area (Å²) in [6.07, 6.45) is 0. The number of hydrogen-bond acceptors (Lipinski definition) is 2. The van der Waals surface area contributed by atoms with Gasteiger partial charge in [-0.15, -0.1) is 0 Å². The molecule has 4 nitrogen and oxygen atoms in total. The lowest BCUT2D eigenvalue weighted by molar-refractivity contribution is 0.994. The molecular formula is C60H44N4Si. The van der Waals surface area contributed by atoms with Gasteiger partial charge in [-0.1, -0.05) is 188 Å². The summed E-state index contributed by atoms with van der Waals surface area (Å²) in [5.41, 5.74) is 11.8. The summed E-state index contributed by atoms with van der Waals surface area (Å²) in [5.74, 6) is 0.642. The van der Waals surface area contributed by atoms with E-state index in [-0.39, 0.29) is 0 Å². The first-order valence-electron chi connectivity index (χ1n) is 22.3. The van der Waals surface area contributed by atoms with Crippen LogP contribution in [0.5, 0.6) is 0 Å². The van der Waals surface area contributed by atoms with Crippen LogP contribution in [0.3, 0.4) is 0 Å². The average molecular weight is 849 g/mol. The van der Waals surface area contributed by atoms with Crippen LogP contribution in [0, 0.1) is 13.8 Å². The first kappa shape index (κ1) is 38.5. The van der Waals surface area contributed by atoms with Crippen LogP contribution in [0.15, 0.2) is 231 Å². The molecule has 0 fully saturated rings. The summed E-state index contributed by atoms with van der Waals surface area (Å²) in [7, 11) is -2.82. The van der Waals surface area contributed by atoms with E-state index in [0.29, 0.717) is 5.95 Å². The molecule has 0 N–H and O–H groups in total. The Bertz CT molecular complexity index is 3560. The number of aryl methyl sites for hydroxylation is 2. The summed E-state index contributed by atoms with van der Waals surface area (Å²) >= 11 is 0. The van der Waals surface area contributed by atoms with Crippen molar-refractivity contribution in [1.29, 1.82) is 0 Å². The van der Waals surface area contributed by atoms with Gasteiger partial charge in [-0.3, -0.25) is 4.57 Å². The van der Waals surface area contributed by atoms with Gasteiger partial charge >= 0.3 is 0 Å². The molecule has 12 rings (SSSR count). The Morgan fingerprint density at radius 1 is 0.323 bits per heavy atom. The molecule has 12 aromatic rings. The Labute approximate surface area is 379 Å². The Morgan fingerprint density at radius 3 is 1.32 bits per heavy atom. The molecule has 3 heterocycles. The summed E-state index contributed by atoms with van der Waals surface area (Å²) < 4.78 is 4.75. The van der Waals surface area contributed by atoms with Crippen LogP contribution in [0.4, 0.5) is 0 Å². The van der Waals surface area contributed by atoms with Gasteiger partial charge in [-0.05, 0) is 88.2 Å². The maximum atomic E-state index is 5.44. The van der Waals surface area contributed by atoms with Gasteiger partial charge in [0.2, 0.25) is 5.95 Å². The topological polar surface area (TPSA) is 35.6 Å². The Kier molecular flexibility index (Phi) is 9.25. The zero-order valence-electron chi connectivity index (χ0n) is 36.2. The molecule has 0 atom stereocenters. The first-order chi connectivity index (χ1) is 32.1. The standard InChI is InChI=1S/C60H44N4Si/c1-41-21-15-17-31-48(41)54-39-55(49-32-18-16-22-42(49)2)62-60(61-54)64-56-34-20-19-33-50(56)52-38-53-51-36-35-47(37-57(51)63(58(53)40-59(52)64)43-23-7-3-8-24-43)65(44-25-9-4-10-26-44,45-27-11-5-12-28-45)46-29-13-6-14-30-46/h3-40H,1-2H3. The smallest absolute Gasteiger partial charge is 0.235 e. The van der Waals surface area contributed by atoms with Crippen LogP contribution in [0.1, 0.15) is 11.1 Å². The lowest BCUT2D eigenvalue weighted by atomic mass is 10.0. The monoisotopic (exact) mass is 848 g/mol. The molecule has 0 saturated carbocycles. The minimum Gasteiger partial charge on any atom is -0.309 e. The molecule has 308 valence electrons. The molecule has 0 aliphatic rings. The highest BCUT2D eigenvalue weighted by molar-refractivity contribution is 7.20. The van der Waals surface area contributed by atoms with Crippen LogP contribution in [-0.4, -0.2) is 27.2 Å². The summed E-state index contributed by atoms with van der Waals surface area (Å²) in [6.45, 7) is 4.31. The van der Waals surface area contributed by atoms with Crippen LogP contribution < -0.4 is 20.7 Å². The van der Waals surface area contributed by atoms with Crippen LogP contribution >= 0.6 is 0 Å². The van der Waals surface area contributed by atoms with Crippen molar-refractivity contribution in [2.75, 3.05) is 0 Å². The minimum absolute atomic E-state index is 0.642. The molecule has 0 radical (unpaired) electrons. The van der Waals surface area contributed by atoms with Gasteiger partial charge in [0.1, 0.15) is 0 Å². The molecular weight excluding hydrogens is 805 g/mol. The second kappa shape index (κ2) is 15.6. The second-order valence-electron chi connectivity index (χ2n) is 17.1. The maximum absolute atomic E-state index is 5.44. The minimum atomic E-state index is -2.82. The molecule has 0 amide bonds. The zero-order chi connectivity index (χ0) is 43.5. The predicted octanol–water partition coefficient (Wildman–Crippen LogP) is 12.0. The Morgan fingerprint density at radius 2 is 0.769 bits per heavy atom. The number of hydrogen-bond donors (Lipinski definition) is 0. The van der Waals surface area contributed by atoms with E-state index >= 15 is 0 Å². The number of benzene rings is 9. The van der Waals surface area contributed by atoms with Crippen molar-refractivity contribution in [2.24, 2.45) is 0 Å². The van der Waals surface area contributed by atoms with Crippen molar-refractivity contribution < 1.29 is 0 Å². The van der Waals surface area contributed by atoms with Crippen molar-refractivity contribution in [3.8, 4) is 34.2 Å². The van der Waals surface area contributed by atoms with E-state index in [0.717, 1.165) is 55.5 Å². The highest BCUT2D eigenvalue weighted by Gasteiger charge is 2.41. The number of fused-ring (bicyclic) bond motifs is 6. The first-order valence-corrected chi connectivity index (χ1v) is 24.3. The van der Waals surface area contributed by atoms with E-state index in [9.17, 15) is 0 Å². The van der Waals surface area contributed by atoms with E-state index in [1.54, 1.807) is 0 Å². The molecule has 0 aliphatic heterocycles. The van der Waals surface area contributed by atoms with Crippen LogP contribution in [0.2, 0.25) is 0 Å². The fourth-order valence-corrected chi connectivity index (χ4v) is 15.1. The van der Waals surface area contributed by atoms with Crippen LogP contribution in [0.25, 0.3) is 77.8 Å². The third kappa shape index (κ3) is 6.19. The van der Waals surface area contributed by atoms with E-state index < -0.39 is 8.07 Å². The molecule has 9 aromatic carbocycles. The van der Waals surface area contributed by atoms with Gasteiger partial charge in [-0.25, -0.2) is 9.97 Å². The van der Waals surface area contributed by atoms with Crippen molar-refractivity contribution in [3.05, 3.63) is 242 Å². The molecule has 0 aliphatic carbocycles. The predicted molar refractivity (Wildman–Crippen MR) is 275 cm³/mol. The lowest BCUT2D eigenvalue weighted by Gasteiger charge is -2.34. The van der Waals surface area contributed by atoms with Crippen molar-refractivity contribution in [2.45, 2.75) is 13.8 Å². The van der Waals surface area contributed by atoms with E-state index in [1.807, 2.05) is 0 Å². The van der Waals surface area contributed by atoms with E-state index in [1.165, 1.54) is 48.2 Å². The molecule has 0 unspecified atom stereocenters. The van der Waals surface area contributed by atoms with Gasteiger partial charge in [0.25, 0.3) is 0 Å². The zero-order valence-corrected chi connectivity index (χ0v) is 37.2. The molecule has 65 heavy (non-hydrogen) atoms. The summed E-state index contributed by atoms with van der Waals surface area (Å²) in [6, 6.07) is 84.3. The van der Waals surface area contributed by atoms with E-state index in [2.05, 4.69) is 254 Å². The quantitative estimate of drug-likeness (QED) is 0.113. The average Bonchev–Trinajstić information content (AvgIpc) is 3.86. The van der Waals surface area contributed by atoms with Crippen LogP contribution in [-0.2, 0) is 0 Å².